The lowest BCUT2D eigenvalue weighted by molar-refractivity contribution is 0.0955. The number of hydrogen-bond donors (Lipinski definition) is 1. The Morgan fingerprint density at radius 1 is 1.55 bits per heavy atom. The van der Waals surface area contributed by atoms with Crippen LogP contribution < -0.4 is 10.9 Å². The maximum atomic E-state index is 12.2. The maximum Gasteiger partial charge on any atom is 0.289 e. The number of rotatable bonds is 6. The molecular weight excluding hydrogens is 258 g/mol. The van der Waals surface area contributed by atoms with Crippen LogP contribution in [0, 0.1) is 6.57 Å². The summed E-state index contributed by atoms with van der Waals surface area (Å²) in [6.07, 6.45) is 1.75. The summed E-state index contributed by atoms with van der Waals surface area (Å²) in [6, 6.07) is 1.59. The Morgan fingerprint density at radius 2 is 2.25 bits per heavy atom. The average Bonchev–Trinajstić information content (AvgIpc) is 2.43. The topological polar surface area (TPSA) is 64.7 Å². The van der Waals surface area contributed by atoms with Crippen molar-refractivity contribution < 1.29 is 9.53 Å². The van der Waals surface area contributed by atoms with Crippen molar-refractivity contribution in [3.8, 4) is 0 Å². The molecule has 1 N–H and O–H groups in total. The van der Waals surface area contributed by atoms with Crippen LogP contribution in [0.3, 0.4) is 0 Å². The fraction of sp³-hybridized carbons (Fsp3) is 0.500. The number of amides is 1. The fourth-order valence-electron chi connectivity index (χ4n) is 1.70. The zero-order valence-corrected chi connectivity index (χ0v) is 12.0. The Kier molecular flexibility index (Phi) is 5.94. The highest BCUT2D eigenvalue weighted by molar-refractivity contribution is 5.94. The van der Waals surface area contributed by atoms with E-state index in [2.05, 4.69) is 10.2 Å². The Morgan fingerprint density at radius 3 is 2.80 bits per heavy atom. The van der Waals surface area contributed by atoms with E-state index in [1.807, 2.05) is 13.8 Å². The van der Waals surface area contributed by atoms with E-state index in [0.29, 0.717) is 13.2 Å². The van der Waals surface area contributed by atoms with E-state index >= 15 is 0 Å². The van der Waals surface area contributed by atoms with Gasteiger partial charge in [0, 0.05) is 19.9 Å². The molecule has 20 heavy (non-hydrogen) atoms. The Balaban J connectivity index is 3.21. The van der Waals surface area contributed by atoms with Crippen molar-refractivity contribution in [2.75, 3.05) is 20.4 Å². The largest absolute Gasteiger partial charge is 0.383 e. The van der Waals surface area contributed by atoms with Gasteiger partial charge in [0.2, 0.25) is 0 Å². The third-order valence-corrected chi connectivity index (χ3v) is 2.87. The summed E-state index contributed by atoms with van der Waals surface area (Å²) in [5.41, 5.74) is 0.596. The molecule has 1 rings (SSSR count). The monoisotopic (exact) mass is 277 g/mol. The van der Waals surface area contributed by atoms with Gasteiger partial charge in [-0.05, 0) is 17.5 Å². The summed E-state index contributed by atoms with van der Waals surface area (Å²) in [4.78, 5) is 27.2. The third-order valence-electron chi connectivity index (χ3n) is 2.87. The van der Waals surface area contributed by atoms with Crippen LogP contribution in [0.15, 0.2) is 17.1 Å². The van der Waals surface area contributed by atoms with Gasteiger partial charge in [-0.1, -0.05) is 13.8 Å². The van der Waals surface area contributed by atoms with Gasteiger partial charge in [0.1, 0.15) is 5.56 Å². The van der Waals surface area contributed by atoms with E-state index in [4.69, 9.17) is 11.3 Å². The normalized spacial score (nSPS) is 10.3. The zero-order chi connectivity index (χ0) is 15.1. The molecule has 0 aliphatic carbocycles. The lowest BCUT2D eigenvalue weighted by atomic mass is 10.0. The van der Waals surface area contributed by atoms with Crippen molar-refractivity contribution >= 4 is 5.91 Å². The van der Waals surface area contributed by atoms with Crippen LogP contribution in [0.4, 0.5) is 0 Å². The van der Waals surface area contributed by atoms with Gasteiger partial charge in [-0.2, -0.15) is 0 Å². The minimum atomic E-state index is -0.514. The molecule has 0 saturated heterocycles. The molecule has 0 bridgehead atoms. The standard InChI is InChI=1S/C14H19N3O3/c1-10(2)11-7-12(13(18)16-9-15-3)14(19)17(8-11)5-6-20-4/h7-8,10H,5-6,9H2,1-2,4H3,(H,16,18). The van der Waals surface area contributed by atoms with Gasteiger partial charge in [-0.25, -0.2) is 6.57 Å². The lowest BCUT2D eigenvalue weighted by Crippen LogP contribution is -2.34. The summed E-state index contributed by atoms with van der Waals surface area (Å²) in [5.74, 6) is -0.323. The van der Waals surface area contributed by atoms with Crippen LogP contribution in [-0.4, -0.2) is 30.9 Å². The highest BCUT2D eigenvalue weighted by atomic mass is 16.5. The van der Waals surface area contributed by atoms with Crippen molar-refractivity contribution in [2.24, 2.45) is 0 Å². The van der Waals surface area contributed by atoms with Gasteiger partial charge in [0.15, 0.2) is 0 Å². The molecule has 1 amide bonds. The van der Waals surface area contributed by atoms with Crippen molar-refractivity contribution in [2.45, 2.75) is 26.3 Å². The van der Waals surface area contributed by atoms with E-state index in [0.717, 1.165) is 5.56 Å². The Bertz CT molecular complexity index is 570. The van der Waals surface area contributed by atoms with E-state index in [9.17, 15) is 9.59 Å². The quantitative estimate of drug-likeness (QED) is 0.795. The molecular formula is C14H19N3O3. The van der Waals surface area contributed by atoms with Gasteiger partial charge in [0.05, 0.1) is 6.61 Å². The van der Waals surface area contributed by atoms with Crippen molar-refractivity contribution in [1.82, 2.24) is 9.88 Å². The van der Waals surface area contributed by atoms with Crippen LogP contribution in [0.25, 0.3) is 4.85 Å². The Labute approximate surface area is 118 Å². The number of pyridine rings is 1. The number of ether oxygens (including phenoxy) is 1. The van der Waals surface area contributed by atoms with Gasteiger partial charge < -0.3 is 9.30 Å². The molecule has 0 aromatic carbocycles. The zero-order valence-electron chi connectivity index (χ0n) is 12.0. The molecule has 1 aromatic heterocycles. The molecule has 1 heterocycles. The molecule has 0 radical (unpaired) electrons. The number of carbonyl (C=O) groups is 1. The number of methoxy groups -OCH3 is 1. The second-order valence-corrected chi connectivity index (χ2v) is 4.66. The van der Waals surface area contributed by atoms with Crippen molar-refractivity contribution in [3.05, 3.63) is 45.2 Å². The van der Waals surface area contributed by atoms with Crippen molar-refractivity contribution in [1.29, 1.82) is 0 Å². The summed E-state index contributed by atoms with van der Waals surface area (Å²) >= 11 is 0. The molecule has 6 nitrogen and oxygen atoms in total. The summed E-state index contributed by atoms with van der Waals surface area (Å²) in [5, 5.41) is 2.40. The first-order chi connectivity index (χ1) is 9.51. The van der Waals surface area contributed by atoms with Crippen LogP contribution in [0.2, 0.25) is 0 Å². The lowest BCUT2D eigenvalue weighted by Gasteiger charge is -2.13. The highest BCUT2D eigenvalue weighted by Crippen LogP contribution is 2.13. The molecule has 6 heteroatoms. The first kappa shape index (κ1) is 15.9. The van der Waals surface area contributed by atoms with E-state index in [1.54, 1.807) is 19.4 Å². The predicted octanol–water partition coefficient (Wildman–Crippen LogP) is 1.22. The molecule has 0 spiro atoms. The SMILES string of the molecule is [C-]#[N+]CNC(=O)c1cc(C(C)C)cn(CCOC)c1=O. The maximum absolute atomic E-state index is 12.2. The smallest absolute Gasteiger partial charge is 0.289 e. The minimum absolute atomic E-state index is 0.0657. The number of carbonyl (C=O) groups excluding carboxylic acids is 1. The summed E-state index contributed by atoms with van der Waals surface area (Å²) in [6.45, 7) is 11.3. The number of nitrogens with one attached hydrogen (secondary N) is 1. The van der Waals surface area contributed by atoms with Crippen LogP contribution in [-0.2, 0) is 11.3 Å². The average molecular weight is 277 g/mol. The predicted molar refractivity (Wildman–Crippen MR) is 75.6 cm³/mol. The number of hydrogen-bond acceptors (Lipinski definition) is 3. The van der Waals surface area contributed by atoms with Crippen LogP contribution in [0.1, 0.15) is 35.7 Å². The first-order valence-electron chi connectivity index (χ1n) is 6.36. The molecule has 0 atom stereocenters. The fourth-order valence-corrected chi connectivity index (χ4v) is 1.70. The summed E-state index contributed by atoms with van der Waals surface area (Å²) < 4.78 is 6.44. The molecule has 1 aromatic rings. The molecule has 0 fully saturated rings. The summed E-state index contributed by atoms with van der Waals surface area (Å²) in [7, 11) is 1.56. The van der Waals surface area contributed by atoms with E-state index in [1.165, 1.54) is 4.57 Å². The van der Waals surface area contributed by atoms with Gasteiger partial charge in [-0.3, -0.25) is 19.8 Å². The molecule has 0 unspecified atom stereocenters. The molecule has 0 aliphatic rings. The second kappa shape index (κ2) is 7.46. The second-order valence-electron chi connectivity index (χ2n) is 4.66. The minimum Gasteiger partial charge on any atom is -0.383 e. The van der Waals surface area contributed by atoms with Gasteiger partial charge in [0.25, 0.3) is 18.1 Å². The van der Waals surface area contributed by atoms with Gasteiger partial charge in [-0.15, -0.1) is 0 Å². The molecule has 0 saturated carbocycles. The Hall–Kier alpha value is -2.13. The first-order valence-corrected chi connectivity index (χ1v) is 6.36. The van der Waals surface area contributed by atoms with E-state index < -0.39 is 5.91 Å². The highest BCUT2D eigenvalue weighted by Gasteiger charge is 2.15. The molecule has 108 valence electrons. The van der Waals surface area contributed by atoms with E-state index in [-0.39, 0.29) is 23.7 Å². The third kappa shape index (κ3) is 3.93. The van der Waals surface area contributed by atoms with Crippen LogP contribution in [0.5, 0.6) is 0 Å². The number of aromatic nitrogens is 1. The molecule has 0 aliphatic heterocycles. The van der Waals surface area contributed by atoms with Crippen molar-refractivity contribution in [3.63, 3.8) is 0 Å². The van der Waals surface area contributed by atoms with Crippen LogP contribution >= 0.6 is 0 Å². The number of nitrogens with zero attached hydrogens (tertiary/aromatic N) is 2. The van der Waals surface area contributed by atoms with Gasteiger partial charge >= 0.3 is 0 Å².